The third-order valence-corrected chi connectivity index (χ3v) is 3.61. The van der Waals surface area contributed by atoms with E-state index in [9.17, 15) is 14.7 Å². The van der Waals surface area contributed by atoms with Gasteiger partial charge < -0.3 is 20.5 Å². The monoisotopic (exact) mass is 372 g/mol. The van der Waals surface area contributed by atoms with E-state index in [1.807, 2.05) is 30.3 Å². The normalized spacial score (nSPS) is 10.0. The van der Waals surface area contributed by atoms with Crippen molar-refractivity contribution in [3.63, 3.8) is 0 Å². The van der Waals surface area contributed by atoms with Gasteiger partial charge in [-0.3, -0.25) is 9.59 Å². The molecule has 7 heteroatoms. The molecule has 0 spiro atoms. The Morgan fingerprint density at radius 2 is 1.81 bits per heavy atom. The number of amides is 1. The Morgan fingerprint density at radius 3 is 2.54 bits per heavy atom. The molecule has 26 heavy (non-hydrogen) atoms. The number of hydrogen-bond acceptors (Lipinski definition) is 5. The minimum atomic E-state index is -0.428. The van der Waals surface area contributed by atoms with Crippen LogP contribution in [0.4, 0.5) is 5.69 Å². The number of phenols is 1. The van der Waals surface area contributed by atoms with Crippen molar-refractivity contribution >= 4 is 34.9 Å². The predicted molar refractivity (Wildman–Crippen MR) is 103 cm³/mol. The molecule has 0 unspecified atom stereocenters. The Labute approximate surface area is 157 Å². The molecule has 0 aromatic heterocycles. The zero-order chi connectivity index (χ0) is 18.8. The fourth-order valence-corrected chi connectivity index (χ4v) is 2.38. The van der Waals surface area contributed by atoms with Gasteiger partial charge in [0.25, 0.3) is 0 Å². The molecule has 0 aliphatic heterocycles. The van der Waals surface area contributed by atoms with Crippen molar-refractivity contribution in [2.24, 2.45) is 0 Å². The first-order valence-corrected chi connectivity index (χ1v) is 8.53. The summed E-state index contributed by atoms with van der Waals surface area (Å²) in [6.07, 6.45) is 0.595. The number of anilines is 1. The van der Waals surface area contributed by atoms with Crippen molar-refractivity contribution in [1.82, 2.24) is 5.32 Å². The summed E-state index contributed by atoms with van der Waals surface area (Å²) in [7, 11) is 0. The van der Waals surface area contributed by atoms with Crippen molar-refractivity contribution in [2.45, 2.75) is 19.3 Å². The number of esters is 1. The van der Waals surface area contributed by atoms with E-state index in [1.165, 1.54) is 12.1 Å². The Bertz CT molecular complexity index is 765. The maximum absolute atomic E-state index is 11.8. The highest BCUT2D eigenvalue weighted by molar-refractivity contribution is 7.80. The summed E-state index contributed by atoms with van der Waals surface area (Å²) < 4.78 is 5.11. The Balaban J connectivity index is 1.63. The van der Waals surface area contributed by atoms with Gasteiger partial charge in [-0.15, -0.1) is 0 Å². The lowest BCUT2D eigenvalue weighted by Crippen LogP contribution is -2.34. The van der Waals surface area contributed by atoms with Crippen molar-refractivity contribution in [3.05, 3.63) is 60.2 Å². The first kappa shape index (κ1) is 19.4. The van der Waals surface area contributed by atoms with Crippen LogP contribution < -0.4 is 10.6 Å². The van der Waals surface area contributed by atoms with Crippen LogP contribution in [0.5, 0.6) is 5.75 Å². The summed E-state index contributed by atoms with van der Waals surface area (Å²) >= 11 is 5.02. The zero-order valence-corrected chi connectivity index (χ0v) is 14.9. The first-order valence-electron chi connectivity index (χ1n) is 8.12. The Hall–Kier alpha value is -2.93. The zero-order valence-electron chi connectivity index (χ0n) is 14.1. The number of nitrogens with one attached hydrogen (secondary N) is 2. The molecule has 3 N–H and O–H groups in total. The molecule has 136 valence electrons. The van der Waals surface area contributed by atoms with Gasteiger partial charge in [0.2, 0.25) is 5.91 Å². The highest BCUT2D eigenvalue weighted by atomic mass is 32.1. The van der Waals surface area contributed by atoms with E-state index in [-0.39, 0.29) is 36.2 Å². The van der Waals surface area contributed by atoms with Gasteiger partial charge in [0, 0.05) is 24.6 Å². The quantitative estimate of drug-likeness (QED) is 0.512. The molecule has 0 saturated heterocycles. The molecule has 6 nitrogen and oxygen atoms in total. The van der Waals surface area contributed by atoms with Crippen LogP contribution in [0.25, 0.3) is 0 Å². The van der Waals surface area contributed by atoms with Crippen LogP contribution in [0.3, 0.4) is 0 Å². The first-order chi connectivity index (χ1) is 12.5. The second-order valence-corrected chi connectivity index (χ2v) is 5.92. The summed E-state index contributed by atoms with van der Waals surface area (Å²) in [5.74, 6) is -0.729. The van der Waals surface area contributed by atoms with E-state index in [4.69, 9.17) is 17.0 Å². The van der Waals surface area contributed by atoms with E-state index in [1.54, 1.807) is 12.1 Å². The number of phenolic OH excluding ortho intramolecular Hbond substituents is 1. The number of thiocarbonyl (C=S) groups is 1. The Morgan fingerprint density at radius 1 is 1.04 bits per heavy atom. The smallest absolute Gasteiger partial charge is 0.306 e. The summed E-state index contributed by atoms with van der Waals surface area (Å²) in [5.41, 5.74) is 1.64. The average Bonchev–Trinajstić information content (AvgIpc) is 2.61. The van der Waals surface area contributed by atoms with E-state index < -0.39 is 5.97 Å². The lowest BCUT2D eigenvalue weighted by Gasteiger charge is -2.10. The molecule has 0 aliphatic carbocycles. The fraction of sp³-hybridized carbons (Fsp3) is 0.211. The number of ether oxygens (including phenoxy) is 1. The van der Waals surface area contributed by atoms with Crippen LogP contribution in [0.1, 0.15) is 18.4 Å². The molecular weight excluding hydrogens is 352 g/mol. The number of hydrogen-bond donors (Lipinski definition) is 3. The van der Waals surface area contributed by atoms with E-state index >= 15 is 0 Å². The lowest BCUT2D eigenvalue weighted by atomic mass is 10.2. The molecule has 0 heterocycles. The highest BCUT2D eigenvalue weighted by Crippen LogP contribution is 2.15. The van der Waals surface area contributed by atoms with Gasteiger partial charge in [-0.25, -0.2) is 0 Å². The third kappa shape index (κ3) is 7.31. The minimum Gasteiger partial charge on any atom is -0.508 e. The maximum atomic E-state index is 11.8. The second kappa shape index (κ2) is 10.1. The molecule has 2 aromatic rings. The number of rotatable bonds is 7. The van der Waals surface area contributed by atoms with Crippen LogP contribution in [0.15, 0.2) is 54.6 Å². The largest absolute Gasteiger partial charge is 0.508 e. The van der Waals surface area contributed by atoms with Crippen LogP contribution >= 0.6 is 12.2 Å². The van der Waals surface area contributed by atoms with E-state index in [2.05, 4.69) is 10.6 Å². The molecule has 2 rings (SSSR count). The van der Waals surface area contributed by atoms with Gasteiger partial charge in [0.1, 0.15) is 5.75 Å². The highest BCUT2D eigenvalue weighted by Gasteiger charge is 2.10. The standard InChI is InChI=1S/C19H20N2O4S/c22-16-8-4-7-15(13-16)20-19(26)21-17(23)9-10-18(24)25-12-11-14-5-2-1-3-6-14/h1-8,13,22H,9-12H2,(H2,20,21,23,26). The molecule has 0 aliphatic rings. The maximum Gasteiger partial charge on any atom is 0.306 e. The van der Waals surface area contributed by atoms with Crippen molar-refractivity contribution in [1.29, 1.82) is 0 Å². The molecule has 2 aromatic carbocycles. The summed E-state index contributed by atoms with van der Waals surface area (Å²) in [5, 5.41) is 14.7. The third-order valence-electron chi connectivity index (χ3n) is 3.41. The lowest BCUT2D eigenvalue weighted by molar-refractivity contribution is -0.144. The second-order valence-electron chi connectivity index (χ2n) is 5.51. The molecule has 0 atom stereocenters. The summed E-state index contributed by atoms with van der Waals surface area (Å²) in [6.45, 7) is 0.280. The van der Waals surface area contributed by atoms with Gasteiger partial charge >= 0.3 is 5.97 Å². The van der Waals surface area contributed by atoms with Crippen molar-refractivity contribution < 1.29 is 19.4 Å². The van der Waals surface area contributed by atoms with Crippen molar-refractivity contribution in [2.75, 3.05) is 11.9 Å². The van der Waals surface area contributed by atoms with Crippen molar-refractivity contribution in [3.8, 4) is 5.75 Å². The number of carbonyl (C=O) groups is 2. The van der Waals surface area contributed by atoms with Gasteiger partial charge in [0.05, 0.1) is 13.0 Å². The fourth-order valence-electron chi connectivity index (χ4n) is 2.15. The molecule has 1 amide bonds. The van der Waals surface area contributed by atoms with Gasteiger partial charge in [-0.1, -0.05) is 36.4 Å². The number of carbonyl (C=O) groups excluding carboxylic acids is 2. The topological polar surface area (TPSA) is 87.7 Å². The SMILES string of the molecule is O=C(CCC(=O)OCCc1ccccc1)NC(=S)Nc1cccc(O)c1. The van der Waals surface area contributed by atoms with Gasteiger partial charge in [-0.2, -0.15) is 0 Å². The van der Waals surface area contributed by atoms with Crippen LogP contribution in [-0.2, 0) is 20.7 Å². The number of aromatic hydroxyl groups is 1. The summed E-state index contributed by atoms with van der Waals surface area (Å²) in [6, 6.07) is 16.0. The summed E-state index contributed by atoms with van der Waals surface area (Å²) in [4.78, 5) is 23.5. The molecular formula is C19H20N2O4S. The van der Waals surface area contributed by atoms with Gasteiger partial charge in [-0.05, 0) is 29.9 Å². The molecule has 0 radical (unpaired) electrons. The predicted octanol–water partition coefficient (Wildman–Crippen LogP) is 2.77. The van der Waals surface area contributed by atoms with E-state index in [0.717, 1.165) is 5.56 Å². The van der Waals surface area contributed by atoms with E-state index in [0.29, 0.717) is 12.1 Å². The molecule has 0 saturated carbocycles. The number of benzene rings is 2. The van der Waals surface area contributed by atoms with Crippen LogP contribution in [0, 0.1) is 0 Å². The molecule has 0 bridgehead atoms. The Kier molecular flexibility index (Phi) is 7.57. The van der Waals surface area contributed by atoms with Crippen LogP contribution in [0.2, 0.25) is 0 Å². The minimum absolute atomic E-state index is 0.0185. The van der Waals surface area contributed by atoms with Gasteiger partial charge in [0.15, 0.2) is 5.11 Å². The average molecular weight is 372 g/mol. The van der Waals surface area contributed by atoms with Crippen LogP contribution in [-0.4, -0.2) is 28.7 Å². The molecule has 0 fully saturated rings.